The van der Waals surface area contributed by atoms with E-state index in [2.05, 4.69) is 20.0 Å². The van der Waals surface area contributed by atoms with Crippen LogP contribution in [0.1, 0.15) is 31.6 Å². The predicted molar refractivity (Wildman–Crippen MR) is 75.7 cm³/mol. The molecule has 0 aromatic carbocycles. The van der Waals surface area contributed by atoms with Gasteiger partial charge in [-0.15, -0.1) is 0 Å². The van der Waals surface area contributed by atoms with Crippen LogP contribution in [0.25, 0.3) is 0 Å². The number of nitrogens with zero attached hydrogens (tertiary/aromatic N) is 3. The third-order valence-electron chi connectivity index (χ3n) is 3.10. The Morgan fingerprint density at radius 1 is 1.60 bits per heavy atom. The molecule has 1 aliphatic carbocycles. The van der Waals surface area contributed by atoms with Crippen LogP contribution in [0.3, 0.4) is 0 Å². The summed E-state index contributed by atoms with van der Waals surface area (Å²) in [7, 11) is 0. The van der Waals surface area contributed by atoms with Gasteiger partial charge in [-0.1, -0.05) is 16.9 Å². The van der Waals surface area contributed by atoms with E-state index in [1.165, 1.54) is 24.6 Å². The molecule has 1 unspecified atom stereocenters. The molecule has 20 heavy (non-hydrogen) atoms. The molecule has 0 radical (unpaired) electrons. The van der Waals surface area contributed by atoms with Crippen molar-refractivity contribution < 1.29 is 9.32 Å². The van der Waals surface area contributed by atoms with Crippen molar-refractivity contribution in [2.24, 2.45) is 0 Å². The van der Waals surface area contributed by atoms with E-state index < -0.39 is 0 Å². The average Bonchev–Trinajstić information content (AvgIpc) is 3.03. The number of carbonyl (C=O) groups is 1. The van der Waals surface area contributed by atoms with Crippen LogP contribution >= 0.6 is 11.8 Å². The number of anilines is 1. The zero-order chi connectivity index (χ0) is 14.1. The van der Waals surface area contributed by atoms with Crippen molar-refractivity contribution in [2.45, 2.75) is 43.1 Å². The van der Waals surface area contributed by atoms with Gasteiger partial charge in [0.05, 0.1) is 5.25 Å². The summed E-state index contributed by atoms with van der Waals surface area (Å²) >= 11 is 1.46. The van der Waals surface area contributed by atoms with Gasteiger partial charge < -0.3 is 14.4 Å². The minimum absolute atomic E-state index is 0.103. The molecular formula is C13H16N4O2S. The Balaban J connectivity index is 1.61. The second-order valence-electron chi connectivity index (χ2n) is 4.92. The average molecular weight is 292 g/mol. The Hall–Kier alpha value is -1.76. The van der Waals surface area contributed by atoms with Crippen LogP contribution < -0.4 is 5.32 Å². The summed E-state index contributed by atoms with van der Waals surface area (Å²) in [6, 6.07) is 2.26. The van der Waals surface area contributed by atoms with Crippen LogP contribution in [-0.4, -0.2) is 25.9 Å². The molecule has 2 aromatic heterocycles. The van der Waals surface area contributed by atoms with Crippen molar-refractivity contribution >= 4 is 23.5 Å². The highest BCUT2D eigenvalue weighted by molar-refractivity contribution is 8.00. The summed E-state index contributed by atoms with van der Waals surface area (Å²) in [5.41, 5.74) is 0. The molecule has 0 saturated heterocycles. The molecule has 1 fully saturated rings. The number of aromatic nitrogens is 3. The minimum atomic E-state index is -0.244. The van der Waals surface area contributed by atoms with Gasteiger partial charge in [0.1, 0.15) is 5.76 Å². The molecule has 2 aromatic rings. The maximum atomic E-state index is 12.1. The fraction of sp³-hybridized carbons (Fsp3) is 0.462. The fourth-order valence-corrected chi connectivity index (χ4v) is 2.82. The standard InChI is InChI=1S/C13H16N4O2S/c1-8-7-11(16-19-8)15-12(18)9(2)20-13-14-5-6-17(13)10-3-4-10/h5-7,9-10H,3-4H2,1-2H3,(H,15,16,18). The second-order valence-corrected chi connectivity index (χ2v) is 6.23. The lowest BCUT2D eigenvalue weighted by molar-refractivity contribution is -0.115. The minimum Gasteiger partial charge on any atom is -0.360 e. The topological polar surface area (TPSA) is 73.0 Å². The van der Waals surface area contributed by atoms with Crippen LogP contribution in [0.5, 0.6) is 0 Å². The number of hydrogen-bond donors (Lipinski definition) is 1. The van der Waals surface area contributed by atoms with Crippen LogP contribution in [0, 0.1) is 6.92 Å². The summed E-state index contributed by atoms with van der Waals surface area (Å²) < 4.78 is 7.07. The monoisotopic (exact) mass is 292 g/mol. The Bertz CT molecular complexity index is 617. The summed E-state index contributed by atoms with van der Waals surface area (Å²) in [5.74, 6) is 1.02. The van der Waals surface area contributed by atoms with E-state index in [-0.39, 0.29) is 11.2 Å². The lowest BCUT2D eigenvalue weighted by atomic mass is 10.4. The Morgan fingerprint density at radius 2 is 2.40 bits per heavy atom. The molecule has 2 heterocycles. The van der Waals surface area contributed by atoms with E-state index in [9.17, 15) is 4.79 Å². The first-order valence-electron chi connectivity index (χ1n) is 6.57. The van der Waals surface area contributed by atoms with Gasteiger partial charge in [0.25, 0.3) is 0 Å². The normalized spacial score (nSPS) is 16.1. The second kappa shape index (κ2) is 5.32. The first kappa shape index (κ1) is 13.2. The van der Waals surface area contributed by atoms with E-state index in [1.807, 2.05) is 13.1 Å². The van der Waals surface area contributed by atoms with Gasteiger partial charge in [0.15, 0.2) is 11.0 Å². The lowest BCUT2D eigenvalue weighted by Crippen LogP contribution is -2.23. The van der Waals surface area contributed by atoms with Crippen molar-refractivity contribution in [1.29, 1.82) is 0 Å². The molecule has 3 rings (SSSR count). The summed E-state index contributed by atoms with van der Waals surface area (Å²) in [5, 5.41) is 7.14. The van der Waals surface area contributed by atoms with E-state index in [1.54, 1.807) is 19.2 Å². The Morgan fingerprint density at radius 3 is 3.05 bits per heavy atom. The fourth-order valence-electron chi connectivity index (χ4n) is 1.89. The molecule has 0 spiro atoms. The summed E-state index contributed by atoms with van der Waals surface area (Å²) in [4.78, 5) is 16.4. The molecule has 0 aliphatic heterocycles. The largest absolute Gasteiger partial charge is 0.360 e. The number of rotatable bonds is 5. The molecule has 1 amide bonds. The van der Waals surface area contributed by atoms with Crippen LogP contribution in [0.2, 0.25) is 0 Å². The highest BCUT2D eigenvalue weighted by atomic mass is 32.2. The number of hydrogen-bond acceptors (Lipinski definition) is 5. The molecule has 1 N–H and O–H groups in total. The van der Waals surface area contributed by atoms with Crippen molar-refractivity contribution in [3.05, 3.63) is 24.2 Å². The Labute approximate surface area is 120 Å². The van der Waals surface area contributed by atoms with E-state index in [4.69, 9.17) is 4.52 Å². The highest BCUT2D eigenvalue weighted by Crippen LogP contribution is 2.38. The molecule has 0 bridgehead atoms. The number of thioether (sulfide) groups is 1. The molecule has 1 aliphatic rings. The van der Waals surface area contributed by atoms with Crippen LogP contribution in [0.4, 0.5) is 5.82 Å². The Kier molecular flexibility index (Phi) is 3.52. The third kappa shape index (κ3) is 2.87. The van der Waals surface area contributed by atoms with Gasteiger partial charge >= 0.3 is 0 Å². The van der Waals surface area contributed by atoms with Crippen LogP contribution in [0.15, 0.2) is 28.1 Å². The van der Waals surface area contributed by atoms with Crippen molar-refractivity contribution in [3.63, 3.8) is 0 Å². The zero-order valence-corrected chi connectivity index (χ0v) is 12.2. The van der Waals surface area contributed by atoms with Gasteiger partial charge in [-0.3, -0.25) is 4.79 Å². The van der Waals surface area contributed by atoms with Crippen molar-refractivity contribution in [2.75, 3.05) is 5.32 Å². The maximum absolute atomic E-state index is 12.1. The first-order chi connectivity index (χ1) is 9.63. The maximum Gasteiger partial charge on any atom is 0.238 e. The van der Waals surface area contributed by atoms with Gasteiger partial charge in [0.2, 0.25) is 5.91 Å². The van der Waals surface area contributed by atoms with Gasteiger partial charge in [0, 0.05) is 24.5 Å². The first-order valence-corrected chi connectivity index (χ1v) is 7.45. The molecule has 1 atom stereocenters. The van der Waals surface area contributed by atoms with Crippen molar-refractivity contribution in [3.8, 4) is 0 Å². The summed E-state index contributed by atoms with van der Waals surface area (Å²) in [6.45, 7) is 3.64. The number of aryl methyl sites for hydroxylation is 1. The van der Waals surface area contributed by atoms with Gasteiger partial charge in [-0.05, 0) is 26.7 Å². The number of carbonyl (C=O) groups excluding carboxylic acids is 1. The van der Waals surface area contributed by atoms with Crippen LogP contribution in [-0.2, 0) is 4.79 Å². The third-order valence-corrected chi connectivity index (χ3v) is 4.20. The van der Waals surface area contributed by atoms with Gasteiger partial charge in [-0.2, -0.15) is 0 Å². The number of amides is 1. The van der Waals surface area contributed by atoms with E-state index >= 15 is 0 Å². The number of nitrogens with one attached hydrogen (secondary N) is 1. The smallest absolute Gasteiger partial charge is 0.238 e. The quantitative estimate of drug-likeness (QED) is 0.858. The zero-order valence-electron chi connectivity index (χ0n) is 11.4. The van der Waals surface area contributed by atoms with E-state index in [0.29, 0.717) is 17.6 Å². The van der Waals surface area contributed by atoms with Gasteiger partial charge in [-0.25, -0.2) is 4.98 Å². The summed E-state index contributed by atoms with van der Waals surface area (Å²) in [6.07, 6.45) is 6.16. The number of imidazole rings is 1. The predicted octanol–water partition coefficient (Wildman–Crippen LogP) is 2.63. The SMILES string of the molecule is Cc1cc(NC(=O)C(C)Sc2nccn2C2CC2)no1. The highest BCUT2D eigenvalue weighted by Gasteiger charge is 2.27. The molecule has 1 saturated carbocycles. The molecule has 6 nitrogen and oxygen atoms in total. The lowest BCUT2D eigenvalue weighted by Gasteiger charge is -2.11. The van der Waals surface area contributed by atoms with Crippen molar-refractivity contribution in [1.82, 2.24) is 14.7 Å². The molecule has 106 valence electrons. The molecular weight excluding hydrogens is 276 g/mol. The van der Waals surface area contributed by atoms with E-state index in [0.717, 1.165) is 5.16 Å². The molecule has 7 heteroatoms.